The molecule has 2 aliphatic rings. The topological polar surface area (TPSA) is 64.6 Å². The Labute approximate surface area is 196 Å². The minimum Gasteiger partial charge on any atom is -0.382 e. The molecule has 3 N–H and O–H groups in total. The third-order valence-electron chi connectivity index (χ3n) is 6.10. The van der Waals surface area contributed by atoms with E-state index in [1.165, 1.54) is 29.7 Å². The number of hydrogen-bond donors (Lipinski definition) is 3. The molecule has 1 atom stereocenters. The lowest BCUT2D eigenvalue weighted by Crippen LogP contribution is -2.36. The van der Waals surface area contributed by atoms with Gasteiger partial charge in [0, 0.05) is 23.6 Å². The van der Waals surface area contributed by atoms with Gasteiger partial charge in [0.15, 0.2) is 0 Å². The van der Waals surface area contributed by atoms with Crippen LogP contribution in [0.5, 0.6) is 0 Å². The van der Waals surface area contributed by atoms with Gasteiger partial charge in [0.2, 0.25) is 0 Å². The predicted octanol–water partition coefficient (Wildman–Crippen LogP) is 5.10. The van der Waals surface area contributed by atoms with Crippen LogP contribution in [0.4, 0.5) is 17.1 Å². The van der Waals surface area contributed by atoms with Gasteiger partial charge in [-0.3, -0.25) is 4.98 Å². The van der Waals surface area contributed by atoms with Gasteiger partial charge in [0.25, 0.3) is 0 Å². The molecule has 1 aromatic heterocycles. The number of likely N-dealkylation sites (tertiary alicyclic amines) is 1. The van der Waals surface area contributed by atoms with Crippen LogP contribution in [0, 0.1) is 0 Å². The lowest BCUT2D eigenvalue weighted by molar-refractivity contribution is 0.264. The fourth-order valence-electron chi connectivity index (χ4n) is 4.27. The van der Waals surface area contributed by atoms with Crippen molar-refractivity contribution in [2.45, 2.75) is 51.7 Å². The van der Waals surface area contributed by atoms with E-state index in [0.29, 0.717) is 16.9 Å². The number of nitrogens with one attached hydrogen (secondary N) is 3. The Morgan fingerprint density at radius 1 is 1.16 bits per heavy atom. The van der Waals surface area contributed by atoms with Crippen molar-refractivity contribution < 1.29 is 0 Å². The highest BCUT2D eigenvalue weighted by molar-refractivity contribution is 6.44. The van der Waals surface area contributed by atoms with Crippen molar-refractivity contribution in [3.8, 4) is 0 Å². The zero-order valence-electron chi connectivity index (χ0n) is 19.2. The van der Waals surface area contributed by atoms with Gasteiger partial charge in [0.05, 0.1) is 16.9 Å². The number of benzene rings is 1. The molecule has 2 aromatic rings. The van der Waals surface area contributed by atoms with Crippen molar-refractivity contribution in [3.05, 3.63) is 58.9 Å². The maximum atomic E-state index is 6.50. The number of amidine groups is 1. The Morgan fingerprint density at radius 3 is 2.75 bits per heavy atom. The molecule has 4 rings (SSSR count). The van der Waals surface area contributed by atoms with E-state index in [9.17, 15) is 0 Å². The Kier molecular flexibility index (Phi) is 7.33. The Morgan fingerprint density at radius 2 is 1.97 bits per heavy atom. The van der Waals surface area contributed by atoms with Gasteiger partial charge in [-0.25, -0.2) is 4.99 Å². The van der Waals surface area contributed by atoms with Gasteiger partial charge in [0.1, 0.15) is 12.0 Å². The first-order chi connectivity index (χ1) is 15.5. The van der Waals surface area contributed by atoms with Crippen molar-refractivity contribution in [1.29, 1.82) is 0 Å². The third-order valence-corrected chi connectivity index (χ3v) is 6.50. The molecule has 0 amide bonds. The maximum Gasteiger partial charge on any atom is 0.146 e. The summed E-state index contributed by atoms with van der Waals surface area (Å²) < 4.78 is 0. The number of fused-ring (bicyclic) bond motifs is 4. The number of aryl methyl sites for hydroxylation is 2. The van der Waals surface area contributed by atoms with Crippen LogP contribution in [0.25, 0.3) is 0 Å². The average Bonchev–Trinajstić information content (AvgIpc) is 2.79. The molecular formula is C25H33ClN6. The SMILES string of the molecule is C/C=C(Cl)\C1=N/C(C)Nc2cncc(c2)CCc2cc(ccc2NC2CCN(C)CC2)N1. The summed E-state index contributed by atoms with van der Waals surface area (Å²) in [6, 6.07) is 9.19. The fraction of sp³-hybridized carbons (Fsp3) is 0.440. The van der Waals surface area contributed by atoms with Crippen LogP contribution in [-0.2, 0) is 12.8 Å². The number of allylic oxidation sites excluding steroid dienone is 1. The molecular weight excluding hydrogens is 420 g/mol. The largest absolute Gasteiger partial charge is 0.382 e. The second-order valence-electron chi connectivity index (χ2n) is 8.74. The van der Waals surface area contributed by atoms with Crippen molar-refractivity contribution in [2.24, 2.45) is 4.99 Å². The molecule has 170 valence electrons. The van der Waals surface area contributed by atoms with E-state index in [2.05, 4.69) is 57.1 Å². The molecule has 6 nitrogen and oxygen atoms in total. The molecule has 1 saturated heterocycles. The number of anilines is 3. The summed E-state index contributed by atoms with van der Waals surface area (Å²) in [5, 5.41) is 11.3. The first-order valence-corrected chi connectivity index (χ1v) is 11.8. The predicted molar refractivity (Wildman–Crippen MR) is 136 cm³/mol. The summed E-state index contributed by atoms with van der Waals surface area (Å²) in [6.07, 6.45) is 9.67. The number of hydrogen-bond acceptors (Lipinski definition) is 6. The highest BCUT2D eigenvalue weighted by atomic mass is 35.5. The number of rotatable bonds is 3. The van der Waals surface area contributed by atoms with Gasteiger partial charge in [-0.1, -0.05) is 17.7 Å². The van der Waals surface area contributed by atoms with Crippen LogP contribution >= 0.6 is 11.6 Å². The minimum absolute atomic E-state index is 0.158. The van der Waals surface area contributed by atoms with Crippen LogP contribution in [0.3, 0.4) is 0 Å². The highest BCUT2D eigenvalue weighted by Crippen LogP contribution is 2.27. The lowest BCUT2D eigenvalue weighted by atomic mass is 10.0. The molecule has 7 heteroatoms. The zero-order valence-corrected chi connectivity index (χ0v) is 19.9. The van der Waals surface area contributed by atoms with Crippen LogP contribution in [0.2, 0.25) is 0 Å². The number of halogens is 1. The number of aromatic nitrogens is 1. The van der Waals surface area contributed by atoms with Crippen molar-refractivity contribution in [2.75, 3.05) is 36.1 Å². The summed E-state index contributed by atoms with van der Waals surface area (Å²) in [7, 11) is 2.20. The molecule has 0 saturated carbocycles. The van der Waals surface area contributed by atoms with Gasteiger partial charge in [-0.15, -0.1) is 0 Å². The van der Waals surface area contributed by atoms with Crippen LogP contribution in [0.15, 0.2) is 52.8 Å². The van der Waals surface area contributed by atoms with Crippen molar-refractivity contribution in [3.63, 3.8) is 0 Å². The summed E-state index contributed by atoms with van der Waals surface area (Å²) in [5.41, 5.74) is 5.66. The molecule has 4 bridgehead atoms. The average molecular weight is 453 g/mol. The van der Waals surface area contributed by atoms with Gasteiger partial charge < -0.3 is 20.9 Å². The molecule has 1 fully saturated rings. The van der Waals surface area contributed by atoms with E-state index in [-0.39, 0.29) is 6.17 Å². The van der Waals surface area contributed by atoms with E-state index in [1.54, 1.807) is 0 Å². The molecule has 32 heavy (non-hydrogen) atoms. The van der Waals surface area contributed by atoms with Crippen molar-refractivity contribution >= 4 is 34.5 Å². The fourth-order valence-corrected chi connectivity index (χ4v) is 4.36. The first-order valence-electron chi connectivity index (χ1n) is 11.5. The molecule has 0 aliphatic carbocycles. The van der Waals surface area contributed by atoms with Crippen LogP contribution < -0.4 is 16.0 Å². The summed E-state index contributed by atoms with van der Waals surface area (Å²) in [6.45, 7) is 6.20. The zero-order chi connectivity index (χ0) is 22.5. The second-order valence-corrected chi connectivity index (χ2v) is 9.14. The van der Waals surface area contributed by atoms with Gasteiger partial charge >= 0.3 is 0 Å². The Balaban J connectivity index is 1.67. The quantitative estimate of drug-likeness (QED) is 0.604. The Bertz CT molecular complexity index is 994. The molecule has 2 aliphatic heterocycles. The number of aliphatic imine (C=N–C) groups is 1. The molecule has 3 heterocycles. The second kappa shape index (κ2) is 10.4. The summed E-state index contributed by atoms with van der Waals surface area (Å²) >= 11 is 6.50. The maximum absolute atomic E-state index is 6.50. The number of piperidine rings is 1. The van der Waals surface area contributed by atoms with Gasteiger partial charge in [-0.2, -0.15) is 0 Å². The summed E-state index contributed by atoms with van der Waals surface area (Å²) in [5.74, 6) is 0.652. The van der Waals surface area contributed by atoms with E-state index >= 15 is 0 Å². The third kappa shape index (κ3) is 5.81. The standard InChI is InChI=1S/C25H33ClN6/c1-4-23(26)25-29-17(2)28-22-13-18(15-27-16-22)5-6-19-14-21(31-25)7-8-24(19)30-20-9-11-32(3)12-10-20/h4,7-8,13-17,20,28,30H,5-6,9-12H2,1-3H3,(H,29,31)/b23-4+. The van der Waals surface area contributed by atoms with E-state index < -0.39 is 0 Å². The molecule has 1 aromatic carbocycles. The van der Waals surface area contributed by atoms with E-state index in [4.69, 9.17) is 16.6 Å². The lowest BCUT2D eigenvalue weighted by Gasteiger charge is -2.31. The van der Waals surface area contributed by atoms with Crippen LogP contribution in [-0.4, -0.2) is 48.1 Å². The van der Waals surface area contributed by atoms with Crippen LogP contribution in [0.1, 0.15) is 37.8 Å². The van der Waals surface area contributed by atoms with E-state index in [0.717, 1.165) is 37.3 Å². The first kappa shape index (κ1) is 22.6. The smallest absolute Gasteiger partial charge is 0.146 e. The van der Waals surface area contributed by atoms with Gasteiger partial charge in [-0.05, 0) is 95.1 Å². The molecule has 1 unspecified atom stereocenters. The number of pyridine rings is 1. The molecule has 0 radical (unpaired) electrons. The normalized spacial score (nSPS) is 22.3. The molecule has 0 spiro atoms. The minimum atomic E-state index is -0.158. The monoisotopic (exact) mass is 452 g/mol. The highest BCUT2D eigenvalue weighted by Gasteiger charge is 2.18. The van der Waals surface area contributed by atoms with Crippen molar-refractivity contribution in [1.82, 2.24) is 9.88 Å². The number of nitrogens with zero attached hydrogens (tertiary/aromatic N) is 3. The Hall–Kier alpha value is -2.57. The van der Waals surface area contributed by atoms with E-state index in [1.807, 2.05) is 32.3 Å². The summed E-state index contributed by atoms with van der Waals surface area (Å²) in [4.78, 5) is 11.6.